The quantitative estimate of drug-likeness (QED) is 0.885. The molecule has 1 saturated heterocycles. The van der Waals surface area contributed by atoms with Crippen molar-refractivity contribution in [3.05, 3.63) is 28.3 Å². The number of hydrogen-bond acceptors (Lipinski definition) is 3. The van der Waals surface area contributed by atoms with Crippen molar-refractivity contribution in [2.45, 2.75) is 19.4 Å². The zero-order valence-corrected chi connectivity index (χ0v) is 11.1. The van der Waals surface area contributed by atoms with Crippen molar-refractivity contribution in [2.75, 3.05) is 13.7 Å². The van der Waals surface area contributed by atoms with E-state index in [2.05, 4.69) is 5.32 Å². The van der Waals surface area contributed by atoms with Gasteiger partial charge in [0.15, 0.2) is 0 Å². The normalized spacial score (nSPS) is 23.1. The van der Waals surface area contributed by atoms with Crippen LogP contribution in [0.1, 0.15) is 23.6 Å². The van der Waals surface area contributed by atoms with Crippen LogP contribution in [-0.2, 0) is 4.79 Å². The molecule has 18 heavy (non-hydrogen) atoms. The Labute approximate surface area is 111 Å². The summed E-state index contributed by atoms with van der Waals surface area (Å²) in [6, 6.07) is 3.88. The van der Waals surface area contributed by atoms with Crippen molar-refractivity contribution >= 4 is 17.6 Å². The molecule has 1 aliphatic heterocycles. The molecule has 0 amide bonds. The van der Waals surface area contributed by atoms with Crippen molar-refractivity contribution in [3.63, 3.8) is 0 Å². The molecule has 2 rings (SSSR count). The third-order valence-electron chi connectivity index (χ3n) is 3.34. The van der Waals surface area contributed by atoms with Crippen molar-refractivity contribution in [3.8, 4) is 5.75 Å². The van der Waals surface area contributed by atoms with Crippen LogP contribution in [0, 0.1) is 12.8 Å². The monoisotopic (exact) mass is 269 g/mol. The van der Waals surface area contributed by atoms with Gasteiger partial charge in [0.1, 0.15) is 5.75 Å². The molecule has 0 bridgehead atoms. The van der Waals surface area contributed by atoms with E-state index in [0.29, 0.717) is 23.7 Å². The molecule has 0 saturated carbocycles. The number of halogens is 1. The van der Waals surface area contributed by atoms with Gasteiger partial charge in [-0.15, -0.1) is 0 Å². The lowest BCUT2D eigenvalue weighted by atomic mass is 9.98. The van der Waals surface area contributed by atoms with Crippen LogP contribution in [0.4, 0.5) is 0 Å². The summed E-state index contributed by atoms with van der Waals surface area (Å²) in [7, 11) is 1.59. The summed E-state index contributed by atoms with van der Waals surface area (Å²) in [5, 5.41) is 12.8. The molecule has 2 unspecified atom stereocenters. The molecule has 2 atom stereocenters. The molecule has 1 heterocycles. The molecule has 2 N–H and O–H groups in total. The number of aryl methyl sites for hydroxylation is 1. The zero-order chi connectivity index (χ0) is 13.3. The average Bonchev–Trinajstić information content (AvgIpc) is 2.77. The second-order valence-corrected chi connectivity index (χ2v) is 4.99. The number of ether oxygens (including phenoxy) is 1. The fourth-order valence-corrected chi connectivity index (χ4v) is 2.75. The molecule has 0 aromatic heterocycles. The molecule has 1 fully saturated rings. The second kappa shape index (κ2) is 5.16. The maximum atomic E-state index is 10.9. The van der Waals surface area contributed by atoms with E-state index < -0.39 is 5.97 Å². The molecule has 98 valence electrons. The Morgan fingerprint density at radius 2 is 2.28 bits per heavy atom. The Hall–Kier alpha value is -1.26. The fraction of sp³-hybridized carbons (Fsp3) is 0.462. The highest BCUT2D eigenvalue weighted by atomic mass is 35.5. The van der Waals surface area contributed by atoms with Crippen LogP contribution in [-0.4, -0.2) is 24.7 Å². The minimum atomic E-state index is -0.749. The van der Waals surface area contributed by atoms with Crippen LogP contribution in [0.25, 0.3) is 0 Å². The number of carboxylic acid groups (broad SMARTS) is 1. The molecule has 1 aliphatic rings. The Balaban J connectivity index is 2.23. The van der Waals surface area contributed by atoms with Gasteiger partial charge < -0.3 is 15.2 Å². The molecule has 4 nitrogen and oxygen atoms in total. The number of nitrogens with one attached hydrogen (secondary N) is 1. The molecular weight excluding hydrogens is 254 g/mol. The highest BCUT2D eigenvalue weighted by Gasteiger charge is 2.30. The van der Waals surface area contributed by atoms with Crippen LogP contribution in [0.3, 0.4) is 0 Å². The van der Waals surface area contributed by atoms with Crippen molar-refractivity contribution < 1.29 is 14.6 Å². The van der Waals surface area contributed by atoms with E-state index in [0.717, 1.165) is 11.1 Å². The van der Waals surface area contributed by atoms with Crippen LogP contribution in [0.15, 0.2) is 12.1 Å². The smallest absolute Gasteiger partial charge is 0.307 e. The number of benzene rings is 1. The molecule has 0 aliphatic carbocycles. The summed E-state index contributed by atoms with van der Waals surface area (Å²) in [5.41, 5.74) is 1.97. The Kier molecular flexibility index (Phi) is 3.78. The number of hydrogen-bond donors (Lipinski definition) is 2. The summed E-state index contributed by atoms with van der Waals surface area (Å²) in [4.78, 5) is 10.9. The topological polar surface area (TPSA) is 58.6 Å². The number of carboxylic acids is 1. The van der Waals surface area contributed by atoms with E-state index in [1.807, 2.05) is 19.1 Å². The highest BCUT2D eigenvalue weighted by molar-refractivity contribution is 6.32. The molecule has 0 radical (unpaired) electrons. The molecule has 0 spiro atoms. The van der Waals surface area contributed by atoms with E-state index in [4.69, 9.17) is 21.4 Å². The minimum absolute atomic E-state index is 0.0493. The molecule has 5 heteroatoms. The van der Waals surface area contributed by atoms with Gasteiger partial charge in [-0.2, -0.15) is 0 Å². The van der Waals surface area contributed by atoms with E-state index >= 15 is 0 Å². The predicted molar refractivity (Wildman–Crippen MR) is 69.2 cm³/mol. The highest BCUT2D eigenvalue weighted by Crippen LogP contribution is 2.35. The maximum absolute atomic E-state index is 10.9. The van der Waals surface area contributed by atoms with Crippen molar-refractivity contribution in [1.82, 2.24) is 5.32 Å². The number of carbonyl (C=O) groups is 1. The summed E-state index contributed by atoms with van der Waals surface area (Å²) in [5.74, 6) is -0.397. The Morgan fingerprint density at radius 1 is 1.56 bits per heavy atom. The third kappa shape index (κ3) is 2.44. The van der Waals surface area contributed by atoms with Gasteiger partial charge in [-0.1, -0.05) is 17.7 Å². The summed E-state index contributed by atoms with van der Waals surface area (Å²) in [6.07, 6.45) is 0.595. The molecule has 1 aromatic rings. The Bertz CT molecular complexity index is 452. The third-order valence-corrected chi connectivity index (χ3v) is 3.62. The summed E-state index contributed by atoms with van der Waals surface area (Å²) in [6.45, 7) is 2.43. The lowest BCUT2D eigenvalue weighted by Gasteiger charge is -2.15. The number of aliphatic carboxylic acids is 1. The summed E-state index contributed by atoms with van der Waals surface area (Å²) < 4.78 is 5.21. The van der Waals surface area contributed by atoms with E-state index in [1.165, 1.54) is 0 Å². The SMILES string of the molecule is COc1c(C)cc(C2CC(C(=O)O)CN2)cc1Cl. The van der Waals surface area contributed by atoms with Gasteiger partial charge in [0.25, 0.3) is 0 Å². The zero-order valence-electron chi connectivity index (χ0n) is 10.4. The second-order valence-electron chi connectivity index (χ2n) is 4.58. The van der Waals surface area contributed by atoms with Crippen LogP contribution in [0.2, 0.25) is 5.02 Å². The first-order valence-electron chi connectivity index (χ1n) is 5.83. The van der Waals surface area contributed by atoms with Gasteiger partial charge in [-0.05, 0) is 30.5 Å². The maximum Gasteiger partial charge on any atom is 0.307 e. The first kappa shape index (κ1) is 13.2. The lowest BCUT2D eigenvalue weighted by molar-refractivity contribution is -0.141. The molecular formula is C13H16ClNO3. The van der Waals surface area contributed by atoms with E-state index in [9.17, 15) is 4.79 Å². The molecule has 1 aromatic carbocycles. The standard InChI is InChI=1S/C13H16ClNO3/c1-7-3-8(4-10(14)12(7)18-2)11-5-9(6-15-11)13(16)17/h3-4,9,11,15H,5-6H2,1-2H3,(H,16,17). The van der Waals surface area contributed by atoms with Gasteiger partial charge in [-0.25, -0.2) is 0 Å². The minimum Gasteiger partial charge on any atom is -0.495 e. The first-order valence-corrected chi connectivity index (χ1v) is 6.21. The summed E-state index contributed by atoms with van der Waals surface area (Å²) >= 11 is 6.14. The lowest BCUT2D eigenvalue weighted by Crippen LogP contribution is -2.17. The van der Waals surface area contributed by atoms with Gasteiger partial charge in [-0.3, -0.25) is 4.79 Å². The van der Waals surface area contributed by atoms with E-state index in [-0.39, 0.29) is 12.0 Å². The number of methoxy groups -OCH3 is 1. The average molecular weight is 270 g/mol. The number of rotatable bonds is 3. The Morgan fingerprint density at radius 3 is 2.78 bits per heavy atom. The van der Waals surface area contributed by atoms with Gasteiger partial charge in [0.05, 0.1) is 18.1 Å². The van der Waals surface area contributed by atoms with Crippen LogP contribution >= 0.6 is 11.6 Å². The van der Waals surface area contributed by atoms with Gasteiger partial charge in [0.2, 0.25) is 0 Å². The predicted octanol–water partition coefficient (Wildman–Crippen LogP) is 2.39. The van der Waals surface area contributed by atoms with Gasteiger partial charge in [0, 0.05) is 12.6 Å². The largest absolute Gasteiger partial charge is 0.495 e. The van der Waals surface area contributed by atoms with Crippen molar-refractivity contribution in [2.24, 2.45) is 5.92 Å². The fourth-order valence-electron chi connectivity index (χ4n) is 2.39. The van der Waals surface area contributed by atoms with Gasteiger partial charge >= 0.3 is 5.97 Å². The van der Waals surface area contributed by atoms with Crippen LogP contribution < -0.4 is 10.1 Å². The van der Waals surface area contributed by atoms with E-state index in [1.54, 1.807) is 7.11 Å². The van der Waals surface area contributed by atoms with Crippen LogP contribution in [0.5, 0.6) is 5.75 Å². The van der Waals surface area contributed by atoms with Crippen molar-refractivity contribution in [1.29, 1.82) is 0 Å². The first-order chi connectivity index (χ1) is 8.52.